The molecule has 1 aliphatic heterocycles. The Kier molecular flexibility index (Phi) is 7.74. The van der Waals surface area contributed by atoms with Crippen LogP contribution in [0.5, 0.6) is 0 Å². The molecule has 2 aromatic rings. The van der Waals surface area contributed by atoms with Crippen molar-refractivity contribution in [3.8, 4) is 5.69 Å². The molecule has 2 N–H and O–H groups in total. The Morgan fingerprint density at radius 2 is 2.22 bits per heavy atom. The molecular weight excluding hydrogens is 337 g/mol. The minimum Gasteiger partial charge on any atom is -0.347 e. The van der Waals surface area contributed by atoms with E-state index in [2.05, 4.69) is 26.8 Å². The summed E-state index contributed by atoms with van der Waals surface area (Å²) >= 11 is 0. The Morgan fingerprint density at radius 3 is 2.91 bits per heavy atom. The molecule has 3 rings (SSSR count). The van der Waals surface area contributed by atoms with Crippen molar-refractivity contribution in [1.82, 2.24) is 25.4 Å². The molecule has 8 heteroatoms. The van der Waals surface area contributed by atoms with E-state index in [9.17, 15) is 4.79 Å². The first-order valence-electron chi connectivity index (χ1n) is 6.96. The Morgan fingerprint density at radius 1 is 1.35 bits per heavy atom. The van der Waals surface area contributed by atoms with E-state index in [0.29, 0.717) is 12.2 Å². The summed E-state index contributed by atoms with van der Waals surface area (Å²) in [7, 11) is 0. The molecule has 0 unspecified atom stereocenters. The SMILES string of the molecule is Cl.Cl.O=C(NCC1=CCNCC1)c1cc(-n2cccn2)ccn1. The summed E-state index contributed by atoms with van der Waals surface area (Å²) < 4.78 is 1.70. The highest BCUT2D eigenvalue weighted by molar-refractivity contribution is 5.92. The first-order chi connectivity index (χ1) is 10.3. The number of aromatic nitrogens is 3. The molecule has 1 amide bonds. The summed E-state index contributed by atoms with van der Waals surface area (Å²) in [6, 6.07) is 5.39. The summed E-state index contributed by atoms with van der Waals surface area (Å²) in [6.45, 7) is 2.42. The van der Waals surface area contributed by atoms with Gasteiger partial charge in [-0.25, -0.2) is 4.68 Å². The molecule has 0 spiro atoms. The Balaban J connectivity index is 0.00000132. The number of nitrogens with zero attached hydrogens (tertiary/aromatic N) is 3. The molecule has 0 atom stereocenters. The van der Waals surface area contributed by atoms with Gasteiger partial charge in [0.1, 0.15) is 5.69 Å². The van der Waals surface area contributed by atoms with Gasteiger partial charge in [0.05, 0.1) is 5.69 Å². The van der Waals surface area contributed by atoms with Crippen LogP contribution in [0.1, 0.15) is 16.9 Å². The van der Waals surface area contributed by atoms with Crippen molar-refractivity contribution in [2.24, 2.45) is 0 Å². The first kappa shape index (κ1) is 19.2. The standard InChI is InChI=1S/C15H17N5O.2ClH/c21-15(18-11-12-2-6-16-7-3-12)14-10-13(4-8-17-14)20-9-1-5-19-20;;/h1-2,4-5,8-10,16H,3,6-7,11H2,(H,18,21);2*1H. The molecule has 0 saturated heterocycles. The number of carbonyl (C=O) groups is 1. The van der Waals surface area contributed by atoms with Crippen LogP contribution in [-0.4, -0.2) is 40.3 Å². The fourth-order valence-electron chi connectivity index (χ4n) is 2.22. The molecule has 6 nitrogen and oxygen atoms in total. The van der Waals surface area contributed by atoms with E-state index in [-0.39, 0.29) is 30.7 Å². The Hall–Kier alpha value is -1.89. The summed E-state index contributed by atoms with van der Waals surface area (Å²) in [4.78, 5) is 16.3. The van der Waals surface area contributed by atoms with Crippen LogP contribution in [0.15, 0.2) is 48.4 Å². The second-order valence-corrected chi connectivity index (χ2v) is 4.85. The normalized spacial score (nSPS) is 13.3. The van der Waals surface area contributed by atoms with Crippen molar-refractivity contribution >= 4 is 30.7 Å². The second-order valence-electron chi connectivity index (χ2n) is 4.85. The smallest absolute Gasteiger partial charge is 0.270 e. The molecule has 1 aliphatic rings. The van der Waals surface area contributed by atoms with Gasteiger partial charge in [0, 0.05) is 31.7 Å². The third kappa shape index (κ3) is 5.06. The summed E-state index contributed by atoms with van der Waals surface area (Å²) in [5, 5.41) is 10.3. The zero-order valence-corrected chi connectivity index (χ0v) is 14.1. The topological polar surface area (TPSA) is 71.8 Å². The third-order valence-corrected chi connectivity index (χ3v) is 3.38. The number of carbonyl (C=O) groups excluding carboxylic acids is 1. The van der Waals surface area contributed by atoms with Crippen molar-refractivity contribution in [2.75, 3.05) is 19.6 Å². The number of halogens is 2. The Bertz CT molecular complexity index is 658. The summed E-state index contributed by atoms with van der Waals surface area (Å²) in [6.07, 6.45) is 8.24. The third-order valence-electron chi connectivity index (χ3n) is 3.38. The second kappa shape index (κ2) is 9.29. The van der Waals surface area contributed by atoms with Gasteiger partial charge >= 0.3 is 0 Å². The molecule has 0 aliphatic carbocycles. The summed E-state index contributed by atoms with van der Waals surface area (Å²) in [5.41, 5.74) is 2.48. The van der Waals surface area contributed by atoms with E-state index < -0.39 is 0 Å². The van der Waals surface area contributed by atoms with E-state index in [1.54, 1.807) is 23.1 Å². The van der Waals surface area contributed by atoms with Crippen LogP contribution >= 0.6 is 24.8 Å². The van der Waals surface area contributed by atoms with E-state index in [4.69, 9.17) is 0 Å². The molecule has 124 valence electrons. The van der Waals surface area contributed by atoms with Gasteiger partial charge in [0.2, 0.25) is 0 Å². The van der Waals surface area contributed by atoms with E-state index in [1.165, 1.54) is 5.57 Å². The summed E-state index contributed by atoms with van der Waals surface area (Å²) in [5.74, 6) is -0.163. The predicted octanol–water partition coefficient (Wildman–Crippen LogP) is 1.76. The number of amides is 1. The van der Waals surface area contributed by atoms with Gasteiger partial charge in [0.15, 0.2) is 0 Å². The van der Waals surface area contributed by atoms with Crippen LogP contribution < -0.4 is 10.6 Å². The monoisotopic (exact) mass is 355 g/mol. The lowest BCUT2D eigenvalue weighted by molar-refractivity contribution is 0.0951. The molecule has 23 heavy (non-hydrogen) atoms. The van der Waals surface area contributed by atoms with Crippen LogP contribution in [0.4, 0.5) is 0 Å². The Labute approximate surface area is 147 Å². The van der Waals surface area contributed by atoms with Crippen molar-refractivity contribution in [3.05, 3.63) is 54.1 Å². The number of hydrogen-bond acceptors (Lipinski definition) is 4. The molecule has 0 aromatic carbocycles. The molecule has 2 aromatic heterocycles. The van der Waals surface area contributed by atoms with Crippen LogP contribution in [0.3, 0.4) is 0 Å². The molecule has 3 heterocycles. The maximum atomic E-state index is 12.2. The van der Waals surface area contributed by atoms with E-state index in [1.807, 2.05) is 18.3 Å². The lowest BCUT2D eigenvalue weighted by atomic mass is 10.1. The quantitative estimate of drug-likeness (QED) is 0.819. The highest BCUT2D eigenvalue weighted by Gasteiger charge is 2.10. The highest BCUT2D eigenvalue weighted by atomic mass is 35.5. The average Bonchev–Trinajstić information content (AvgIpc) is 3.08. The molecule has 0 fully saturated rings. The zero-order valence-electron chi connectivity index (χ0n) is 12.4. The number of hydrogen-bond donors (Lipinski definition) is 2. The lowest BCUT2D eigenvalue weighted by Gasteiger charge is -2.14. The van der Waals surface area contributed by atoms with Gasteiger partial charge in [0.25, 0.3) is 5.91 Å². The van der Waals surface area contributed by atoms with Crippen molar-refractivity contribution in [1.29, 1.82) is 0 Å². The number of pyridine rings is 1. The maximum Gasteiger partial charge on any atom is 0.270 e. The minimum atomic E-state index is -0.163. The van der Waals surface area contributed by atoms with Gasteiger partial charge in [-0.15, -0.1) is 24.8 Å². The van der Waals surface area contributed by atoms with Gasteiger partial charge in [-0.2, -0.15) is 5.10 Å². The van der Waals surface area contributed by atoms with Crippen molar-refractivity contribution < 1.29 is 4.79 Å². The fraction of sp³-hybridized carbons (Fsp3) is 0.267. The number of nitrogens with one attached hydrogen (secondary N) is 2. The molecule has 0 radical (unpaired) electrons. The van der Waals surface area contributed by atoms with Gasteiger partial charge in [-0.05, 0) is 31.2 Å². The van der Waals surface area contributed by atoms with Crippen LogP contribution in [0, 0.1) is 0 Å². The zero-order chi connectivity index (χ0) is 14.5. The molecule has 0 bridgehead atoms. The van der Waals surface area contributed by atoms with E-state index >= 15 is 0 Å². The van der Waals surface area contributed by atoms with Gasteiger partial charge in [-0.3, -0.25) is 9.78 Å². The molecule has 0 saturated carbocycles. The van der Waals surface area contributed by atoms with Crippen LogP contribution in [-0.2, 0) is 0 Å². The van der Waals surface area contributed by atoms with Crippen LogP contribution in [0.25, 0.3) is 5.69 Å². The lowest BCUT2D eigenvalue weighted by Crippen LogP contribution is -2.30. The maximum absolute atomic E-state index is 12.2. The minimum absolute atomic E-state index is 0. The van der Waals surface area contributed by atoms with Gasteiger partial charge in [-0.1, -0.05) is 11.6 Å². The van der Waals surface area contributed by atoms with E-state index in [0.717, 1.165) is 25.2 Å². The fourth-order valence-corrected chi connectivity index (χ4v) is 2.22. The average molecular weight is 356 g/mol. The molecular formula is C15H19Cl2N5O. The van der Waals surface area contributed by atoms with Crippen molar-refractivity contribution in [3.63, 3.8) is 0 Å². The number of rotatable bonds is 4. The first-order valence-corrected chi connectivity index (χ1v) is 6.96. The van der Waals surface area contributed by atoms with Crippen molar-refractivity contribution in [2.45, 2.75) is 6.42 Å². The largest absolute Gasteiger partial charge is 0.347 e. The van der Waals surface area contributed by atoms with Crippen LogP contribution in [0.2, 0.25) is 0 Å². The highest BCUT2D eigenvalue weighted by Crippen LogP contribution is 2.08. The van der Waals surface area contributed by atoms with Gasteiger partial charge < -0.3 is 10.6 Å². The predicted molar refractivity (Wildman–Crippen MR) is 93.8 cm³/mol.